The van der Waals surface area contributed by atoms with E-state index in [9.17, 15) is 18.3 Å². The molecule has 0 aromatic heterocycles. The van der Waals surface area contributed by atoms with Gasteiger partial charge in [0.2, 0.25) is 12.6 Å². The Bertz CT molecular complexity index is 492. The van der Waals surface area contributed by atoms with Crippen LogP contribution < -0.4 is 0 Å². The Labute approximate surface area is 109 Å². The largest absolute Gasteiger partial charge is 0.483 e. The van der Waals surface area contributed by atoms with E-state index < -0.39 is 43.9 Å². The standard InChI is InChI=1S/C2H6O14P4/c3-17(4)11-1-2(13-19(7,8)15-17)14-20(9,10)16-18(5,6)12-1/h1-2H,(H,3,4)(H,5,6)(H,7,8)(H,9,10). The Morgan fingerprint density at radius 2 is 0.750 bits per heavy atom. The average Bonchev–Trinajstić information content (AvgIpc) is 2.19. The van der Waals surface area contributed by atoms with Crippen LogP contribution in [0.3, 0.4) is 0 Å². The highest BCUT2D eigenvalue weighted by atomic mass is 31.3. The van der Waals surface area contributed by atoms with E-state index >= 15 is 0 Å². The Balaban J connectivity index is 2.43. The third kappa shape index (κ3) is 4.26. The molecule has 0 bridgehead atoms. The summed E-state index contributed by atoms with van der Waals surface area (Å²) in [6.07, 6.45) is -4.87. The number of hydrogen-bond donors (Lipinski definition) is 4. The second-order valence-corrected chi connectivity index (χ2v) is 9.09. The van der Waals surface area contributed by atoms with Gasteiger partial charge < -0.3 is 19.6 Å². The quantitative estimate of drug-likeness (QED) is 0.415. The molecule has 0 spiro atoms. The molecular weight excluding hydrogens is 372 g/mol. The lowest BCUT2D eigenvalue weighted by molar-refractivity contribution is -0.156. The fraction of sp³-hybridized carbons (Fsp3) is 1.00. The molecule has 0 radical (unpaired) electrons. The van der Waals surface area contributed by atoms with Gasteiger partial charge in [-0.05, 0) is 0 Å². The first-order valence-electron chi connectivity index (χ1n) is 4.27. The highest BCUT2D eigenvalue weighted by Gasteiger charge is 2.55. The summed E-state index contributed by atoms with van der Waals surface area (Å²) in [4.78, 5) is 36.2. The Morgan fingerprint density at radius 1 is 0.550 bits per heavy atom. The van der Waals surface area contributed by atoms with Crippen LogP contribution in [0.5, 0.6) is 0 Å². The van der Waals surface area contributed by atoms with Crippen molar-refractivity contribution in [3.05, 3.63) is 0 Å². The van der Waals surface area contributed by atoms with Crippen molar-refractivity contribution in [3.63, 3.8) is 0 Å². The summed E-state index contributed by atoms with van der Waals surface area (Å²) in [7, 11) is -21.0. The predicted octanol–water partition coefficient (Wildman–Crippen LogP) is 0.167. The topological polar surface area (TPSA) is 205 Å². The van der Waals surface area contributed by atoms with Crippen LogP contribution in [0, 0.1) is 0 Å². The minimum absolute atomic E-state index is 2.44. The molecule has 2 aliphatic rings. The van der Waals surface area contributed by atoms with Gasteiger partial charge >= 0.3 is 31.3 Å². The zero-order chi connectivity index (χ0) is 15.4. The number of phosphoric acid groups is 4. The maximum Gasteiger partial charge on any atom is 0.483 e. The molecule has 4 N–H and O–H groups in total. The van der Waals surface area contributed by atoms with Crippen molar-refractivity contribution in [2.75, 3.05) is 0 Å². The van der Waals surface area contributed by atoms with E-state index in [-0.39, 0.29) is 0 Å². The van der Waals surface area contributed by atoms with Gasteiger partial charge in [0, 0.05) is 0 Å². The van der Waals surface area contributed by atoms with E-state index in [1.165, 1.54) is 0 Å². The summed E-state index contributed by atoms with van der Waals surface area (Å²) < 4.78 is 68.6. The average molecular weight is 378 g/mol. The van der Waals surface area contributed by atoms with Crippen molar-refractivity contribution in [1.82, 2.24) is 0 Å². The minimum Gasteiger partial charge on any atom is -0.302 e. The molecule has 4 unspecified atom stereocenters. The van der Waals surface area contributed by atoms with Crippen molar-refractivity contribution in [2.24, 2.45) is 0 Å². The van der Waals surface area contributed by atoms with Crippen molar-refractivity contribution in [1.29, 1.82) is 0 Å². The first-order valence-corrected chi connectivity index (χ1v) is 10.2. The first kappa shape index (κ1) is 16.9. The van der Waals surface area contributed by atoms with Crippen LogP contribution in [0.25, 0.3) is 0 Å². The second-order valence-electron chi connectivity index (χ2n) is 3.20. The van der Waals surface area contributed by atoms with Gasteiger partial charge in [-0.3, -0.25) is 18.1 Å². The molecule has 2 aliphatic heterocycles. The zero-order valence-electron chi connectivity index (χ0n) is 8.81. The zero-order valence-corrected chi connectivity index (χ0v) is 12.4. The van der Waals surface area contributed by atoms with Gasteiger partial charge in [-0.25, -0.2) is 18.3 Å². The fourth-order valence-electron chi connectivity index (χ4n) is 1.10. The Kier molecular flexibility index (Phi) is 4.24. The Hall–Kier alpha value is 0.520. The third-order valence-corrected chi connectivity index (χ3v) is 6.78. The molecule has 4 atom stereocenters. The fourth-order valence-corrected chi connectivity index (χ4v) is 5.56. The molecule has 0 aromatic carbocycles. The number of fused-ring (bicyclic) bond motifs is 1. The van der Waals surface area contributed by atoms with Gasteiger partial charge in [0.25, 0.3) is 0 Å². The van der Waals surface area contributed by atoms with Crippen molar-refractivity contribution >= 4 is 31.3 Å². The molecule has 14 nitrogen and oxygen atoms in total. The molecule has 0 aliphatic carbocycles. The number of phosphoric ester groups is 4. The molecule has 2 saturated heterocycles. The van der Waals surface area contributed by atoms with Gasteiger partial charge in [-0.1, -0.05) is 0 Å². The van der Waals surface area contributed by atoms with Crippen LogP contribution in [-0.4, -0.2) is 32.2 Å². The van der Waals surface area contributed by atoms with Gasteiger partial charge in [-0.2, -0.15) is 8.62 Å². The van der Waals surface area contributed by atoms with E-state index in [2.05, 4.69) is 26.7 Å². The summed E-state index contributed by atoms with van der Waals surface area (Å²) in [6.45, 7) is 0. The van der Waals surface area contributed by atoms with Crippen molar-refractivity contribution in [3.8, 4) is 0 Å². The van der Waals surface area contributed by atoms with Gasteiger partial charge in [0.05, 0.1) is 0 Å². The first-order chi connectivity index (χ1) is 8.79. The molecule has 0 amide bonds. The molecule has 2 rings (SSSR count). The molecule has 2 fully saturated rings. The number of hydrogen-bond acceptors (Lipinski definition) is 10. The molecule has 118 valence electrons. The molecule has 20 heavy (non-hydrogen) atoms. The van der Waals surface area contributed by atoms with Crippen molar-refractivity contribution in [2.45, 2.75) is 12.6 Å². The molecule has 0 saturated carbocycles. The van der Waals surface area contributed by atoms with Gasteiger partial charge in [-0.15, -0.1) is 0 Å². The smallest absolute Gasteiger partial charge is 0.302 e. The lowest BCUT2D eigenvalue weighted by Gasteiger charge is -2.19. The molecule has 2 heterocycles. The normalized spacial score (nSPS) is 57.4. The number of rotatable bonds is 0. The van der Waals surface area contributed by atoms with Gasteiger partial charge in [0.15, 0.2) is 0 Å². The molecule has 18 heteroatoms. The summed E-state index contributed by atoms with van der Waals surface area (Å²) >= 11 is 0. The van der Waals surface area contributed by atoms with E-state index in [1.54, 1.807) is 0 Å². The van der Waals surface area contributed by atoms with Crippen LogP contribution >= 0.6 is 31.3 Å². The SMILES string of the molecule is O=P1(O)OC2OP(=O)(O)OP(=O)(O)OC2OP(=O)(O)O1. The summed E-state index contributed by atoms with van der Waals surface area (Å²) in [5.41, 5.74) is 0. The van der Waals surface area contributed by atoms with Crippen LogP contribution in [0.1, 0.15) is 0 Å². The maximum absolute atomic E-state index is 11.2. The lowest BCUT2D eigenvalue weighted by Crippen LogP contribution is -2.30. The highest BCUT2D eigenvalue weighted by Crippen LogP contribution is 2.70. The van der Waals surface area contributed by atoms with E-state index in [4.69, 9.17) is 19.6 Å². The predicted molar refractivity (Wildman–Crippen MR) is 53.4 cm³/mol. The highest BCUT2D eigenvalue weighted by molar-refractivity contribution is 7.62. The van der Waals surface area contributed by atoms with Crippen LogP contribution in [-0.2, 0) is 45.0 Å². The molecular formula is C2H6O14P4. The third-order valence-electron chi connectivity index (χ3n) is 1.58. The maximum atomic E-state index is 11.2. The van der Waals surface area contributed by atoms with E-state index in [1.807, 2.05) is 0 Å². The van der Waals surface area contributed by atoms with E-state index in [0.29, 0.717) is 0 Å². The molecule has 0 aromatic rings. The lowest BCUT2D eigenvalue weighted by atomic mass is 10.6. The van der Waals surface area contributed by atoms with Crippen LogP contribution in [0.2, 0.25) is 0 Å². The Morgan fingerprint density at radius 3 is 0.950 bits per heavy atom. The van der Waals surface area contributed by atoms with Crippen LogP contribution in [0.15, 0.2) is 0 Å². The van der Waals surface area contributed by atoms with Crippen LogP contribution in [0.4, 0.5) is 0 Å². The summed E-state index contributed by atoms with van der Waals surface area (Å²) in [5.74, 6) is 0. The minimum atomic E-state index is -5.26. The van der Waals surface area contributed by atoms with Gasteiger partial charge in [0.1, 0.15) is 0 Å². The van der Waals surface area contributed by atoms with E-state index in [0.717, 1.165) is 0 Å². The summed E-state index contributed by atoms with van der Waals surface area (Å²) in [6, 6.07) is 0. The monoisotopic (exact) mass is 378 g/mol. The second kappa shape index (κ2) is 5.02. The van der Waals surface area contributed by atoms with Crippen molar-refractivity contribution < 1.29 is 64.6 Å². The summed E-state index contributed by atoms with van der Waals surface area (Å²) in [5, 5.41) is 0.